The highest BCUT2D eigenvalue weighted by molar-refractivity contribution is 5.35. The topological polar surface area (TPSA) is 29.3 Å². The molecule has 0 spiro atoms. The molecule has 1 unspecified atom stereocenters. The fraction of sp³-hybridized carbons (Fsp3) is 0.571. The van der Waals surface area contributed by atoms with Crippen molar-refractivity contribution in [2.45, 2.75) is 25.3 Å². The molecule has 0 saturated heterocycles. The second-order valence-corrected chi connectivity index (χ2v) is 5.40. The molecule has 1 fully saturated rings. The van der Waals surface area contributed by atoms with Crippen molar-refractivity contribution in [1.29, 1.82) is 0 Å². The van der Waals surface area contributed by atoms with Crippen molar-refractivity contribution in [3.05, 3.63) is 35.4 Å². The summed E-state index contributed by atoms with van der Waals surface area (Å²) in [5, 5.41) is 0. The molecular formula is C14H20N2. The molecule has 0 radical (unpaired) electrons. The van der Waals surface area contributed by atoms with E-state index < -0.39 is 0 Å². The molecule has 16 heavy (non-hydrogen) atoms. The number of nitrogens with zero attached hydrogens (tertiary/aromatic N) is 1. The number of hydrogen-bond donors (Lipinski definition) is 1. The molecule has 2 N–H and O–H groups in total. The number of hydrogen-bond acceptors (Lipinski definition) is 2. The number of rotatable bonds is 2. The first-order valence-electron chi connectivity index (χ1n) is 6.25. The summed E-state index contributed by atoms with van der Waals surface area (Å²) in [5.41, 5.74) is 9.43. The molecule has 1 atom stereocenters. The summed E-state index contributed by atoms with van der Waals surface area (Å²) in [4.78, 5) is 2.50. The number of benzene rings is 1. The van der Waals surface area contributed by atoms with Crippen LogP contribution in [0.15, 0.2) is 24.3 Å². The quantitative estimate of drug-likeness (QED) is 0.819. The van der Waals surface area contributed by atoms with Crippen molar-refractivity contribution in [3.63, 3.8) is 0 Å². The van der Waals surface area contributed by atoms with Crippen LogP contribution in [0.5, 0.6) is 0 Å². The van der Waals surface area contributed by atoms with E-state index in [1.54, 1.807) is 0 Å². The minimum absolute atomic E-state index is 0.380. The maximum atomic E-state index is 5.99. The zero-order valence-corrected chi connectivity index (χ0v) is 9.95. The van der Waals surface area contributed by atoms with Gasteiger partial charge in [-0.3, -0.25) is 4.90 Å². The number of fused-ring (bicyclic) bond motifs is 1. The minimum Gasteiger partial charge on any atom is -0.330 e. The van der Waals surface area contributed by atoms with Crippen molar-refractivity contribution >= 4 is 0 Å². The zero-order valence-electron chi connectivity index (χ0n) is 9.95. The Hall–Kier alpha value is -0.860. The highest BCUT2D eigenvalue weighted by Gasteiger charge is 2.51. The maximum absolute atomic E-state index is 5.99. The first-order valence-corrected chi connectivity index (χ1v) is 6.25. The van der Waals surface area contributed by atoms with E-state index in [0.717, 1.165) is 6.54 Å². The van der Waals surface area contributed by atoms with Crippen LogP contribution in [-0.4, -0.2) is 25.0 Å². The molecule has 2 nitrogen and oxygen atoms in total. The summed E-state index contributed by atoms with van der Waals surface area (Å²) >= 11 is 0. The van der Waals surface area contributed by atoms with Crippen LogP contribution in [0, 0.1) is 5.41 Å². The van der Waals surface area contributed by atoms with Crippen LogP contribution < -0.4 is 5.73 Å². The molecule has 1 aliphatic carbocycles. The fourth-order valence-corrected chi connectivity index (χ4v) is 3.24. The van der Waals surface area contributed by atoms with E-state index in [1.807, 2.05) is 0 Å². The van der Waals surface area contributed by atoms with Gasteiger partial charge in [-0.15, -0.1) is 0 Å². The van der Waals surface area contributed by atoms with Gasteiger partial charge >= 0.3 is 0 Å². The van der Waals surface area contributed by atoms with Crippen molar-refractivity contribution in [3.8, 4) is 0 Å². The van der Waals surface area contributed by atoms with Crippen LogP contribution in [0.1, 0.15) is 30.0 Å². The normalized spacial score (nSPS) is 27.5. The van der Waals surface area contributed by atoms with Gasteiger partial charge in [0.15, 0.2) is 0 Å². The van der Waals surface area contributed by atoms with Crippen LogP contribution >= 0.6 is 0 Å². The van der Waals surface area contributed by atoms with Gasteiger partial charge in [-0.05, 0) is 44.0 Å². The van der Waals surface area contributed by atoms with Crippen LogP contribution in [0.25, 0.3) is 0 Å². The number of nitrogens with two attached hydrogens (primary N) is 1. The Bertz CT molecular complexity index is 395. The van der Waals surface area contributed by atoms with Gasteiger partial charge in [-0.2, -0.15) is 0 Å². The van der Waals surface area contributed by atoms with Crippen LogP contribution in [0.3, 0.4) is 0 Å². The summed E-state index contributed by atoms with van der Waals surface area (Å²) in [6.07, 6.45) is 3.78. The molecule has 1 heterocycles. The lowest BCUT2D eigenvalue weighted by atomic mass is 9.83. The summed E-state index contributed by atoms with van der Waals surface area (Å²) < 4.78 is 0. The van der Waals surface area contributed by atoms with Gasteiger partial charge in [0, 0.05) is 18.0 Å². The Morgan fingerprint density at radius 1 is 1.38 bits per heavy atom. The molecule has 1 aromatic rings. The maximum Gasteiger partial charge on any atom is 0.0416 e. The Labute approximate surface area is 97.4 Å². The smallest absolute Gasteiger partial charge is 0.0416 e. The van der Waals surface area contributed by atoms with E-state index in [9.17, 15) is 0 Å². The van der Waals surface area contributed by atoms with Gasteiger partial charge in [-0.1, -0.05) is 24.3 Å². The molecule has 2 aliphatic rings. The molecule has 1 aromatic carbocycles. The number of likely N-dealkylation sites (N-methyl/N-ethyl adjacent to an activating group) is 1. The predicted octanol–water partition coefficient (Wildman–Crippen LogP) is 1.95. The Kier molecular flexibility index (Phi) is 2.30. The van der Waals surface area contributed by atoms with Crippen LogP contribution in [0.2, 0.25) is 0 Å². The van der Waals surface area contributed by atoms with Crippen molar-refractivity contribution in [2.24, 2.45) is 11.1 Å². The largest absolute Gasteiger partial charge is 0.330 e. The second-order valence-electron chi connectivity index (χ2n) is 5.40. The third kappa shape index (κ3) is 1.40. The summed E-state index contributed by atoms with van der Waals surface area (Å²) in [6.45, 7) is 2.00. The second kappa shape index (κ2) is 3.57. The van der Waals surface area contributed by atoms with Crippen molar-refractivity contribution in [1.82, 2.24) is 4.90 Å². The lowest BCUT2D eigenvalue weighted by Crippen LogP contribution is -2.40. The first kappa shape index (κ1) is 10.3. The molecule has 2 heteroatoms. The van der Waals surface area contributed by atoms with Gasteiger partial charge in [0.2, 0.25) is 0 Å². The van der Waals surface area contributed by atoms with Crippen molar-refractivity contribution in [2.75, 3.05) is 20.1 Å². The van der Waals surface area contributed by atoms with Crippen LogP contribution in [-0.2, 0) is 6.42 Å². The van der Waals surface area contributed by atoms with Gasteiger partial charge in [-0.25, -0.2) is 0 Å². The molecule has 86 valence electrons. The third-order valence-electron chi connectivity index (χ3n) is 4.40. The van der Waals surface area contributed by atoms with Gasteiger partial charge in [0.05, 0.1) is 0 Å². The predicted molar refractivity (Wildman–Crippen MR) is 66.2 cm³/mol. The van der Waals surface area contributed by atoms with E-state index >= 15 is 0 Å². The Morgan fingerprint density at radius 2 is 2.12 bits per heavy atom. The average molecular weight is 216 g/mol. The molecule has 0 amide bonds. The van der Waals surface area contributed by atoms with E-state index in [4.69, 9.17) is 5.73 Å². The van der Waals surface area contributed by atoms with Gasteiger partial charge < -0.3 is 5.73 Å². The Balaban J connectivity index is 2.04. The summed E-state index contributed by atoms with van der Waals surface area (Å²) in [5.74, 6) is 0. The molecule has 3 rings (SSSR count). The van der Waals surface area contributed by atoms with Crippen molar-refractivity contribution < 1.29 is 0 Å². The highest BCUT2D eigenvalue weighted by atomic mass is 15.2. The molecule has 0 bridgehead atoms. The standard InChI is InChI=1S/C14H20N2/c1-16-9-6-11-4-2-3-5-12(11)13(16)14(10-15)7-8-14/h2-5,13H,6-10,15H2,1H3. The Morgan fingerprint density at radius 3 is 2.81 bits per heavy atom. The SMILES string of the molecule is CN1CCc2ccccc2C1C1(CN)CC1. The lowest BCUT2D eigenvalue weighted by Gasteiger charge is -2.39. The van der Waals surface area contributed by atoms with Crippen LogP contribution in [0.4, 0.5) is 0 Å². The summed E-state index contributed by atoms with van der Waals surface area (Å²) in [6, 6.07) is 9.45. The monoisotopic (exact) mass is 216 g/mol. The minimum atomic E-state index is 0.380. The fourth-order valence-electron chi connectivity index (χ4n) is 3.24. The zero-order chi connectivity index (χ0) is 11.2. The van der Waals surface area contributed by atoms with E-state index in [1.165, 1.54) is 36.9 Å². The molecule has 1 saturated carbocycles. The van der Waals surface area contributed by atoms with Gasteiger partial charge in [0.25, 0.3) is 0 Å². The van der Waals surface area contributed by atoms with E-state index in [-0.39, 0.29) is 0 Å². The highest BCUT2D eigenvalue weighted by Crippen LogP contribution is 2.57. The average Bonchev–Trinajstić information content (AvgIpc) is 3.10. The van der Waals surface area contributed by atoms with E-state index in [2.05, 4.69) is 36.2 Å². The molecule has 1 aliphatic heterocycles. The first-order chi connectivity index (χ1) is 7.77. The van der Waals surface area contributed by atoms with Gasteiger partial charge in [0.1, 0.15) is 0 Å². The third-order valence-corrected chi connectivity index (χ3v) is 4.40. The molecule has 0 aromatic heterocycles. The lowest BCUT2D eigenvalue weighted by molar-refractivity contribution is 0.152. The molecular weight excluding hydrogens is 196 g/mol. The van der Waals surface area contributed by atoms with E-state index in [0.29, 0.717) is 11.5 Å². The summed E-state index contributed by atoms with van der Waals surface area (Å²) in [7, 11) is 2.25.